The molecule has 1 aliphatic rings. The summed E-state index contributed by atoms with van der Waals surface area (Å²) in [7, 11) is 0. The maximum absolute atomic E-state index is 13.1. The highest BCUT2D eigenvalue weighted by molar-refractivity contribution is 5.94. The van der Waals surface area contributed by atoms with E-state index in [0.29, 0.717) is 31.0 Å². The van der Waals surface area contributed by atoms with E-state index in [4.69, 9.17) is 14.0 Å². The number of esters is 1. The second-order valence-electron chi connectivity index (χ2n) is 7.44. The number of rotatable bonds is 6. The van der Waals surface area contributed by atoms with Gasteiger partial charge in [0.2, 0.25) is 0 Å². The van der Waals surface area contributed by atoms with Crippen LogP contribution in [0.15, 0.2) is 22.7 Å². The standard InChI is InChI=1S/C22H28N2O5/c1-5-27-22(26)17-7-6-10-24(12-17)21(25)20-19(16(4)29-23-20)13-28-18-9-8-14(2)15(3)11-18/h8-9,11,17H,5-7,10,12-13H2,1-4H3. The summed E-state index contributed by atoms with van der Waals surface area (Å²) in [4.78, 5) is 26.8. The number of aromatic nitrogens is 1. The molecule has 156 valence electrons. The zero-order valence-electron chi connectivity index (χ0n) is 17.5. The summed E-state index contributed by atoms with van der Waals surface area (Å²) >= 11 is 0. The third-order valence-electron chi connectivity index (χ3n) is 5.38. The number of piperidine rings is 1. The van der Waals surface area contributed by atoms with Gasteiger partial charge < -0.3 is 18.9 Å². The molecule has 0 spiro atoms. The largest absolute Gasteiger partial charge is 0.489 e. The minimum atomic E-state index is -0.295. The molecular formula is C22H28N2O5. The van der Waals surface area contributed by atoms with Gasteiger partial charge in [0.1, 0.15) is 18.1 Å². The molecule has 1 unspecified atom stereocenters. The Hall–Kier alpha value is -2.83. The highest BCUT2D eigenvalue weighted by atomic mass is 16.5. The number of likely N-dealkylation sites (tertiary alicyclic amines) is 1. The van der Waals surface area contributed by atoms with Crippen LogP contribution in [0.2, 0.25) is 0 Å². The molecule has 0 aliphatic carbocycles. The Kier molecular flexibility index (Phi) is 6.56. The molecule has 1 aromatic heterocycles. The lowest BCUT2D eigenvalue weighted by Gasteiger charge is -2.31. The molecule has 0 N–H and O–H groups in total. The van der Waals surface area contributed by atoms with Crippen molar-refractivity contribution in [2.75, 3.05) is 19.7 Å². The van der Waals surface area contributed by atoms with Crippen LogP contribution in [0.5, 0.6) is 5.75 Å². The third kappa shape index (κ3) is 4.78. The number of ether oxygens (including phenoxy) is 2. The van der Waals surface area contributed by atoms with Crippen molar-refractivity contribution in [1.29, 1.82) is 0 Å². The van der Waals surface area contributed by atoms with Crippen LogP contribution in [-0.2, 0) is 16.1 Å². The summed E-state index contributed by atoms with van der Waals surface area (Å²) in [5.41, 5.74) is 3.21. The van der Waals surface area contributed by atoms with Crippen molar-refractivity contribution in [3.8, 4) is 5.75 Å². The van der Waals surface area contributed by atoms with Gasteiger partial charge in [-0.1, -0.05) is 11.2 Å². The van der Waals surface area contributed by atoms with Gasteiger partial charge in [0.25, 0.3) is 5.91 Å². The van der Waals surface area contributed by atoms with E-state index in [0.717, 1.165) is 24.2 Å². The molecule has 29 heavy (non-hydrogen) atoms. The van der Waals surface area contributed by atoms with E-state index in [1.165, 1.54) is 5.56 Å². The lowest BCUT2D eigenvalue weighted by atomic mass is 9.97. The molecule has 2 aromatic rings. The van der Waals surface area contributed by atoms with Crippen LogP contribution in [0.4, 0.5) is 0 Å². The number of benzene rings is 1. The van der Waals surface area contributed by atoms with Crippen LogP contribution < -0.4 is 4.74 Å². The van der Waals surface area contributed by atoms with Gasteiger partial charge in [-0.05, 0) is 63.8 Å². The first-order chi connectivity index (χ1) is 13.9. The maximum Gasteiger partial charge on any atom is 0.310 e. The first-order valence-corrected chi connectivity index (χ1v) is 10.0. The van der Waals surface area contributed by atoms with Crippen LogP contribution in [0.25, 0.3) is 0 Å². The number of carbonyl (C=O) groups is 2. The molecule has 1 saturated heterocycles. The monoisotopic (exact) mass is 400 g/mol. The van der Waals surface area contributed by atoms with Crippen molar-refractivity contribution in [2.45, 2.75) is 47.1 Å². The highest BCUT2D eigenvalue weighted by Crippen LogP contribution is 2.24. The summed E-state index contributed by atoms with van der Waals surface area (Å²) in [5, 5.41) is 3.98. The topological polar surface area (TPSA) is 81.9 Å². The van der Waals surface area contributed by atoms with Crippen molar-refractivity contribution >= 4 is 11.9 Å². The highest BCUT2D eigenvalue weighted by Gasteiger charge is 2.32. The van der Waals surface area contributed by atoms with E-state index in [1.807, 2.05) is 32.0 Å². The fourth-order valence-electron chi connectivity index (χ4n) is 3.45. The normalized spacial score (nSPS) is 16.6. The van der Waals surface area contributed by atoms with Crippen molar-refractivity contribution in [3.05, 3.63) is 46.3 Å². The summed E-state index contributed by atoms with van der Waals surface area (Å²) in [6.45, 7) is 9.06. The fraction of sp³-hybridized carbons (Fsp3) is 0.500. The van der Waals surface area contributed by atoms with Crippen molar-refractivity contribution in [3.63, 3.8) is 0 Å². The number of hydrogen-bond donors (Lipinski definition) is 0. The minimum absolute atomic E-state index is 0.189. The predicted octanol–water partition coefficient (Wildman–Crippen LogP) is 3.59. The number of amides is 1. The lowest BCUT2D eigenvalue weighted by molar-refractivity contribution is -0.149. The molecular weight excluding hydrogens is 372 g/mol. The summed E-state index contributed by atoms with van der Waals surface area (Å²) in [6, 6.07) is 5.87. The SMILES string of the molecule is CCOC(=O)C1CCCN(C(=O)c2noc(C)c2COc2ccc(C)c(C)c2)C1. The first kappa shape index (κ1) is 20.9. The average molecular weight is 400 g/mol. The third-order valence-corrected chi connectivity index (χ3v) is 5.38. The molecule has 0 bridgehead atoms. The zero-order valence-corrected chi connectivity index (χ0v) is 17.5. The second kappa shape index (κ2) is 9.11. The number of nitrogens with zero attached hydrogens (tertiary/aromatic N) is 2. The quantitative estimate of drug-likeness (QED) is 0.689. The Balaban J connectivity index is 1.71. The molecule has 7 heteroatoms. The minimum Gasteiger partial charge on any atom is -0.489 e. The van der Waals surface area contributed by atoms with Crippen molar-refractivity contribution < 1.29 is 23.6 Å². The molecule has 1 amide bonds. The van der Waals surface area contributed by atoms with E-state index in [9.17, 15) is 9.59 Å². The van der Waals surface area contributed by atoms with Gasteiger partial charge >= 0.3 is 5.97 Å². The van der Waals surface area contributed by atoms with Gasteiger partial charge in [-0.25, -0.2) is 0 Å². The molecule has 0 radical (unpaired) electrons. The molecule has 0 saturated carbocycles. The fourth-order valence-corrected chi connectivity index (χ4v) is 3.45. The number of hydrogen-bond acceptors (Lipinski definition) is 6. The van der Waals surface area contributed by atoms with Crippen molar-refractivity contribution in [2.24, 2.45) is 5.92 Å². The second-order valence-corrected chi connectivity index (χ2v) is 7.44. The van der Waals surface area contributed by atoms with Crippen LogP contribution >= 0.6 is 0 Å². The zero-order chi connectivity index (χ0) is 21.0. The van der Waals surface area contributed by atoms with E-state index in [-0.39, 0.29) is 30.1 Å². The van der Waals surface area contributed by atoms with Crippen molar-refractivity contribution in [1.82, 2.24) is 10.1 Å². The van der Waals surface area contributed by atoms with Gasteiger partial charge in [0, 0.05) is 13.1 Å². The molecule has 3 rings (SSSR count). The molecule has 1 fully saturated rings. The number of carbonyl (C=O) groups excluding carboxylic acids is 2. The molecule has 2 heterocycles. The Morgan fingerprint density at radius 3 is 2.76 bits per heavy atom. The smallest absolute Gasteiger partial charge is 0.310 e. The van der Waals surface area contributed by atoms with E-state index < -0.39 is 0 Å². The van der Waals surface area contributed by atoms with Crippen LogP contribution in [0.3, 0.4) is 0 Å². The Morgan fingerprint density at radius 2 is 2.03 bits per heavy atom. The Bertz CT molecular complexity index is 889. The van der Waals surface area contributed by atoms with Gasteiger partial charge in [-0.3, -0.25) is 9.59 Å². The lowest BCUT2D eigenvalue weighted by Crippen LogP contribution is -2.43. The first-order valence-electron chi connectivity index (χ1n) is 10.0. The van der Waals surface area contributed by atoms with Gasteiger partial charge in [-0.2, -0.15) is 0 Å². The summed E-state index contributed by atoms with van der Waals surface area (Å²) < 4.78 is 16.3. The summed E-state index contributed by atoms with van der Waals surface area (Å²) in [5.74, 6) is 0.494. The van der Waals surface area contributed by atoms with Crippen LogP contribution in [0.1, 0.15) is 52.7 Å². The summed E-state index contributed by atoms with van der Waals surface area (Å²) in [6.07, 6.45) is 1.48. The van der Waals surface area contributed by atoms with Crippen LogP contribution in [0, 0.1) is 26.7 Å². The molecule has 7 nitrogen and oxygen atoms in total. The molecule has 1 aliphatic heterocycles. The number of aryl methyl sites for hydroxylation is 3. The van der Waals surface area contributed by atoms with Crippen LogP contribution in [-0.4, -0.2) is 41.6 Å². The maximum atomic E-state index is 13.1. The molecule has 1 atom stereocenters. The predicted molar refractivity (Wildman–Crippen MR) is 107 cm³/mol. The van der Waals surface area contributed by atoms with Gasteiger partial charge in [0.15, 0.2) is 5.69 Å². The Labute approximate surface area is 171 Å². The van der Waals surface area contributed by atoms with E-state index >= 15 is 0 Å². The van der Waals surface area contributed by atoms with Gasteiger partial charge in [-0.15, -0.1) is 0 Å². The molecule has 1 aromatic carbocycles. The van der Waals surface area contributed by atoms with Gasteiger partial charge in [0.05, 0.1) is 18.1 Å². The Morgan fingerprint density at radius 1 is 1.24 bits per heavy atom. The van der Waals surface area contributed by atoms with E-state index in [2.05, 4.69) is 5.16 Å². The van der Waals surface area contributed by atoms with E-state index in [1.54, 1.807) is 18.7 Å². The average Bonchev–Trinajstić information content (AvgIpc) is 3.09.